The first-order valence-electron chi connectivity index (χ1n) is 8.92. The number of halogens is 2. The summed E-state index contributed by atoms with van der Waals surface area (Å²) in [6, 6.07) is 22.2. The first kappa shape index (κ1) is 20.9. The highest BCUT2D eigenvalue weighted by molar-refractivity contribution is 9.10. The summed E-state index contributed by atoms with van der Waals surface area (Å²) in [5.74, 6) is -0.658. The topological polar surface area (TPSA) is 70.2 Å². The number of benzene rings is 3. The second-order valence-electron chi connectivity index (χ2n) is 6.27. The molecular formula is C22H19BrClN3O2. The number of hydrogen-bond donors (Lipinski definition) is 3. The van der Waals surface area contributed by atoms with Gasteiger partial charge in [0.05, 0.1) is 17.3 Å². The van der Waals surface area contributed by atoms with Crippen molar-refractivity contribution in [3.8, 4) is 0 Å². The average molecular weight is 473 g/mol. The van der Waals surface area contributed by atoms with E-state index in [0.29, 0.717) is 22.8 Å². The molecule has 0 aliphatic rings. The van der Waals surface area contributed by atoms with E-state index in [1.54, 1.807) is 36.4 Å². The van der Waals surface area contributed by atoms with Gasteiger partial charge in [0.15, 0.2) is 0 Å². The van der Waals surface area contributed by atoms with Crippen LogP contribution in [0.3, 0.4) is 0 Å². The molecule has 0 saturated carbocycles. The molecule has 7 heteroatoms. The van der Waals surface area contributed by atoms with Crippen LogP contribution in [0.1, 0.15) is 15.9 Å². The van der Waals surface area contributed by atoms with Crippen molar-refractivity contribution < 1.29 is 9.59 Å². The van der Waals surface area contributed by atoms with Gasteiger partial charge in [-0.1, -0.05) is 63.9 Å². The van der Waals surface area contributed by atoms with E-state index in [1.165, 1.54) is 0 Å². The fraction of sp³-hybridized carbons (Fsp3) is 0.0909. The number of rotatable bonds is 7. The van der Waals surface area contributed by atoms with E-state index < -0.39 is 0 Å². The van der Waals surface area contributed by atoms with E-state index >= 15 is 0 Å². The number of hydrogen-bond acceptors (Lipinski definition) is 3. The molecule has 2 amide bonds. The second-order valence-corrected chi connectivity index (χ2v) is 7.60. The predicted octanol–water partition coefficient (Wildman–Crippen LogP) is 5.08. The van der Waals surface area contributed by atoms with Crippen molar-refractivity contribution >= 4 is 50.7 Å². The first-order valence-corrected chi connectivity index (χ1v) is 10.1. The Morgan fingerprint density at radius 1 is 0.931 bits per heavy atom. The van der Waals surface area contributed by atoms with Crippen molar-refractivity contribution in [2.75, 3.05) is 17.2 Å². The second kappa shape index (κ2) is 10.1. The lowest BCUT2D eigenvalue weighted by atomic mass is 10.2. The number of nitrogens with one attached hydrogen (secondary N) is 3. The molecule has 0 aliphatic carbocycles. The fourth-order valence-electron chi connectivity index (χ4n) is 2.63. The summed E-state index contributed by atoms with van der Waals surface area (Å²) in [7, 11) is 0. The van der Waals surface area contributed by atoms with Crippen LogP contribution in [-0.4, -0.2) is 18.4 Å². The standard InChI is InChI=1S/C22H19BrClN3O2/c23-17-8-4-7-16(11-17)22(29)26-14-21(28)27-18-9-10-20(19(24)12-18)25-13-15-5-2-1-3-6-15/h1-12,25H,13-14H2,(H,26,29)(H,27,28). The van der Waals surface area contributed by atoms with Gasteiger partial charge in [-0.3, -0.25) is 9.59 Å². The van der Waals surface area contributed by atoms with Crippen LogP contribution in [0.4, 0.5) is 11.4 Å². The van der Waals surface area contributed by atoms with Crippen LogP contribution in [0.15, 0.2) is 77.3 Å². The number of carbonyl (C=O) groups excluding carboxylic acids is 2. The van der Waals surface area contributed by atoms with Crippen LogP contribution in [0.2, 0.25) is 5.02 Å². The van der Waals surface area contributed by atoms with Crippen LogP contribution in [0.25, 0.3) is 0 Å². The number of carbonyl (C=O) groups is 2. The summed E-state index contributed by atoms with van der Waals surface area (Å²) in [4.78, 5) is 24.2. The van der Waals surface area contributed by atoms with Crippen LogP contribution in [-0.2, 0) is 11.3 Å². The first-order chi connectivity index (χ1) is 14.0. The van der Waals surface area contributed by atoms with Gasteiger partial charge in [-0.05, 0) is 42.0 Å². The van der Waals surface area contributed by atoms with Gasteiger partial charge in [-0.25, -0.2) is 0 Å². The molecule has 0 radical (unpaired) electrons. The molecule has 3 rings (SSSR count). The lowest BCUT2D eigenvalue weighted by molar-refractivity contribution is -0.115. The Hall–Kier alpha value is -2.83. The number of amides is 2. The highest BCUT2D eigenvalue weighted by Crippen LogP contribution is 2.26. The van der Waals surface area contributed by atoms with E-state index in [-0.39, 0.29) is 18.4 Å². The summed E-state index contributed by atoms with van der Waals surface area (Å²) in [6.45, 7) is 0.505. The van der Waals surface area contributed by atoms with E-state index in [4.69, 9.17) is 11.6 Å². The fourth-order valence-corrected chi connectivity index (χ4v) is 3.27. The van der Waals surface area contributed by atoms with E-state index in [0.717, 1.165) is 15.7 Å². The van der Waals surface area contributed by atoms with Gasteiger partial charge in [-0.2, -0.15) is 0 Å². The van der Waals surface area contributed by atoms with Gasteiger partial charge in [0.1, 0.15) is 0 Å². The smallest absolute Gasteiger partial charge is 0.251 e. The molecule has 3 aromatic carbocycles. The molecule has 3 N–H and O–H groups in total. The van der Waals surface area contributed by atoms with E-state index in [1.807, 2.05) is 36.4 Å². The Kier molecular flexibility index (Phi) is 7.27. The highest BCUT2D eigenvalue weighted by Gasteiger charge is 2.09. The predicted molar refractivity (Wildman–Crippen MR) is 120 cm³/mol. The van der Waals surface area contributed by atoms with Crippen LogP contribution in [0.5, 0.6) is 0 Å². The minimum atomic E-state index is -0.339. The highest BCUT2D eigenvalue weighted by atomic mass is 79.9. The average Bonchev–Trinajstić information content (AvgIpc) is 2.72. The van der Waals surface area contributed by atoms with Gasteiger partial charge in [0.25, 0.3) is 5.91 Å². The molecule has 3 aromatic rings. The third-order valence-corrected chi connectivity index (χ3v) is 4.88. The molecular weight excluding hydrogens is 454 g/mol. The summed E-state index contributed by atoms with van der Waals surface area (Å²) in [5, 5.41) is 9.08. The summed E-state index contributed by atoms with van der Waals surface area (Å²) in [6.07, 6.45) is 0. The lowest BCUT2D eigenvalue weighted by Crippen LogP contribution is -2.32. The van der Waals surface area contributed by atoms with Crippen molar-refractivity contribution in [2.24, 2.45) is 0 Å². The molecule has 0 heterocycles. The minimum Gasteiger partial charge on any atom is -0.380 e. The van der Waals surface area contributed by atoms with Gasteiger partial charge in [0.2, 0.25) is 5.91 Å². The maximum absolute atomic E-state index is 12.1. The monoisotopic (exact) mass is 471 g/mol. The maximum Gasteiger partial charge on any atom is 0.251 e. The summed E-state index contributed by atoms with van der Waals surface area (Å²) < 4.78 is 0.796. The van der Waals surface area contributed by atoms with Crippen molar-refractivity contribution in [3.63, 3.8) is 0 Å². The molecule has 0 bridgehead atoms. The zero-order chi connectivity index (χ0) is 20.6. The molecule has 0 aliphatic heterocycles. The Morgan fingerprint density at radius 2 is 1.72 bits per heavy atom. The zero-order valence-corrected chi connectivity index (χ0v) is 17.8. The quantitative estimate of drug-likeness (QED) is 0.449. The van der Waals surface area contributed by atoms with Crippen LogP contribution in [0, 0.1) is 0 Å². The molecule has 0 fully saturated rings. The van der Waals surface area contributed by atoms with Crippen LogP contribution >= 0.6 is 27.5 Å². The zero-order valence-electron chi connectivity index (χ0n) is 15.4. The summed E-state index contributed by atoms with van der Waals surface area (Å²) in [5.41, 5.74) is 2.95. The molecule has 148 valence electrons. The molecule has 0 aromatic heterocycles. The van der Waals surface area contributed by atoms with Crippen molar-refractivity contribution in [3.05, 3.63) is 93.4 Å². The third-order valence-electron chi connectivity index (χ3n) is 4.07. The lowest BCUT2D eigenvalue weighted by Gasteiger charge is -2.11. The van der Waals surface area contributed by atoms with E-state index in [2.05, 4.69) is 31.9 Å². The molecule has 0 unspecified atom stereocenters. The summed E-state index contributed by atoms with van der Waals surface area (Å²) >= 11 is 9.63. The molecule has 0 saturated heterocycles. The molecule has 0 spiro atoms. The Morgan fingerprint density at radius 3 is 2.45 bits per heavy atom. The van der Waals surface area contributed by atoms with Gasteiger partial charge in [-0.15, -0.1) is 0 Å². The van der Waals surface area contributed by atoms with E-state index in [9.17, 15) is 9.59 Å². The minimum absolute atomic E-state index is 0.142. The SMILES string of the molecule is O=C(CNC(=O)c1cccc(Br)c1)Nc1ccc(NCc2ccccc2)c(Cl)c1. The van der Waals surface area contributed by atoms with Gasteiger partial charge in [0, 0.05) is 22.3 Å². The molecule has 0 atom stereocenters. The normalized spacial score (nSPS) is 10.3. The van der Waals surface area contributed by atoms with Crippen molar-refractivity contribution in [1.82, 2.24) is 5.32 Å². The van der Waals surface area contributed by atoms with Gasteiger partial charge < -0.3 is 16.0 Å². The van der Waals surface area contributed by atoms with Crippen molar-refractivity contribution in [1.29, 1.82) is 0 Å². The number of anilines is 2. The Labute approximate surface area is 182 Å². The van der Waals surface area contributed by atoms with Gasteiger partial charge >= 0.3 is 0 Å². The Bertz CT molecular complexity index is 1010. The molecule has 29 heavy (non-hydrogen) atoms. The van der Waals surface area contributed by atoms with Crippen molar-refractivity contribution in [2.45, 2.75) is 6.54 Å². The third kappa shape index (κ3) is 6.34. The maximum atomic E-state index is 12.1. The molecule has 5 nitrogen and oxygen atoms in total. The Balaban J connectivity index is 1.51. The van der Waals surface area contributed by atoms with Crippen LogP contribution < -0.4 is 16.0 Å². The largest absolute Gasteiger partial charge is 0.380 e.